The van der Waals surface area contributed by atoms with Crippen LogP contribution in [0.5, 0.6) is 0 Å². The van der Waals surface area contributed by atoms with Crippen LogP contribution in [0.3, 0.4) is 0 Å². The van der Waals surface area contributed by atoms with Crippen molar-refractivity contribution in [2.75, 3.05) is 20.8 Å². The van der Waals surface area contributed by atoms with E-state index >= 15 is 0 Å². The van der Waals surface area contributed by atoms with E-state index in [1.165, 1.54) is 11.1 Å². The van der Waals surface area contributed by atoms with Crippen molar-refractivity contribution in [1.29, 1.82) is 0 Å². The number of rotatable bonds is 1. The summed E-state index contributed by atoms with van der Waals surface area (Å²) in [5.41, 5.74) is 0. The molecule has 0 spiro atoms. The summed E-state index contributed by atoms with van der Waals surface area (Å²) in [6.45, 7) is 0.214. The van der Waals surface area contributed by atoms with Crippen LogP contribution in [0, 0.1) is 0 Å². The summed E-state index contributed by atoms with van der Waals surface area (Å²) in [7, 11) is 3.38. The van der Waals surface area contributed by atoms with E-state index in [9.17, 15) is 9.59 Å². The van der Waals surface area contributed by atoms with Crippen molar-refractivity contribution in [2.45, 2.75) is 0 Å². The molecule has 0 aromatic rings. The van der Waals surface area contributed by atoms with Crippen molar-refractivity contribution in [3.63, 3.8) is 0 Å². The molecule has 1 heterocycles. The Bertz CT molecular complexity index is 248. The van der Waals surface area contributed by atoms with Crippen LogP contribution in [0.4, 0.5) is 4.79 Å². The van der Waals surface area contributed by atoms with Crippen LogP contribution in [0.15, 0.2) is 17.3 Å². The van der Waals surface area contributed by atoms with Gasteiger partial charge in [0, 0.05) is 26.5 Å². The van der Waals surface area contributed by atoms with Gasteiger partial charge in [-0.25, -0.2) is 4.79 Å². The highest BCUT2D eigenvalue weighted by Crippen LogP contribution is 1.94. The van der Waals surface area contributed by atoms with E-state index in [0.29, 0.717) is 0 Å². The SMILES string of the molecule is CN(C)C=O.O=C(O)N1C=CC=NC1. The van der Waals surface area contributed by atoms with Gasteiger partial charge in [0.05, 0.1) is 0 Å². The van der Waals surface area contributed by atoms with E-state index in [0.717, 1.165) is 11.3 Å². The van der Waals surface area contributed by atoms with Crippen molar-refractivity contribution in [3.05, 3.63) is 12.3 Å². The molecule has 1 aliphatic heterocycles. The quantitative estimate of drug-likeness (QED) is 0.614. The summed E-state index contributed by atoms with van der Waals surface area (Å²) >= 11 is 0. The number of carbonyl (C=O) groups is 2. The second-order valence-electron chi connectivity index (χ2n) is 2.64. The zero-order chi connectivity index (χ0) is 11.0. The number of allylic oxidation sites excluding steroid dienone is 1. The number of amides is 2. The van der Waals surface area contributed by atoms with Crippen molar-refractivity contribution in [1.82, 2.24) is 9.80 Å². The lowest BCUT2D eigenvalue weighted by Gasteiger charge is -2.12. The van der Waals surface area contributed by atoms with Crippen LogP contribution in [0.2, 0.25) is 0 Å². The van der Waals surface area contributed by atoms with E-state index in [1.807, 2.05) is 0 Å². The van der Waals surface area contributed by atoms with E-state index in [1.54, 1.807) is 26.4 Å². The van der Waals surface area contributed by atoms with E-state index in [2.05, 4.69) is 4.99 Å². The minimum absolute atomic E-state index is 0.214. The molecule has 2 amide bonds. The lowest BCUT2D eigenvalue weighted by molar-refractivity contribution is -0.115. The average molecular weight is 199 g/mol. The number of nitrogens with zero attached hydrogens (tertiary/aromatic N) is 3. The average Bonchev–Trinajstić information content (AvgIpc) is 2.20. The summed E-state index contributed by atoms with van der Waals surface area (Å²) in [5.74, 6) is 0. The maximum Gasteiger partial charge on any atom is 0.412 e. The number of carbonyl (C=O) groups excluding carboxylic acids is 1. The standard InChI is InChI=1S/C5H6N2O2.C3H7NO/c8-5(9)7-3-1-2-6-4-7;1-4(2)3-5/h1-3H,4H2,(H,8,9);3H,1-2H3. The van der Waals surface area contributed by atoms with Gasteiger partial charge >= 0.3 is 6.09 Å². The molecule has 0 aromatic carbocycles. The molecule has 0 unspecified atom stereocenters. The smallest absolute Gasteiger partial charge is 0.412 e. The molecule has 0 radical (unpaired) electrons. The van der Waals surface area contributed by atoms with Gasteiger partial charge in [-0.2, -0.15) is 0 Å². The summed E-state index contributed by atoms with van der Waals surface area (Å²) in [4.78, 5) is 25.8. The van der Waals surface area contributed by atoms with Gasteiger partial charge in [-0.1, -0.05) is 0 Å². The Hall–Kier alpha value is -1.85. The molecule has 14 heavy (non-hydrogen) atoms. The third-order valence-electron chi connectivity index (χ3n) is 1.15. The Kier molecular flexibility index (Phi) is 5.77. The largest absolute Gasteiger partial charge is 0.465 e. The fourth-order valence-electron chi connectivity index (χ4n) is 0.510. The van der Waals surface area contributed by atoms with E-state index in [4.69, 9.17) is 5.11 Å². The summed E-state index contributed by atoms with van der Waals surface area (Å²) in [6, 6.07) is 0. The first kappa shape index (κ1) is 12.2. The van der Waals surface area contributed by atoms with Gasteiger partial charge in [-0.15, -0.1) is 0 Å². The van der Waals surface area contributed by atoms with Crippen LogP contribution in [0.25, 0.3) is 0 Å². The molecule has 1 aliphatic rings. The Morgan fingerprint density at radius 2 is 2.21 bits per heavy atom. The fourth-order valence-corrected chi connectivity index (χ4v) is 0.510. The third-order valence-corrected chi connectivity index (χ3v) is 1.15. The topological polar surface area (TPSA) is 73.2 Å². The second kappa shape index (κ2) is 6.64. The van der Waals surface area contributed by atoms with Gasteiger partial charge < -0.3 is 10.0 Å². The summed E-state index contributed by atoms with van der Waals surface area (Å²) in [5, 5.41) is 8.34. The van der Waals surface area contributed by atoms with Crippen molar-refractivity contribution >= 4 is 18.7 Å². The predicted octanol–water partition coefficient (Wildman–Crippen LogP) is 0.226. The zero-order valence-corrected chi connectivity index (χ0v) is 8.12. The summed E-state index contributed by atoms with van der Waals surface area (Å²) in [6.07, 6.45) is 4.40. The molecule has 6 nitrogen and oxygen atoms in total. The minimum Gasteiger partial charge on any atom is -0.465 e. The Balaban J connectivity index is 0.000000292. The fraction of sp³-hybridized carbons (Fsp3) is 0.375. The van der Waals surface area contributed by atoms with Gasteiger partial charge in [0.2, 0.25) is 6.41 Å². The predicted molar refractivity (Wildman–Crippen MR) is 52.1 cm³/mol. The molecule has 0 bridgehead atoms. The van der Waals surface area contributed by atoms with Gasteiger partial charge in [-0.05, 0) is 6.08 Å². The van der Waals surface area contributed by atoms with E-state index in [-0.39, 0.29) is 6.67 Å². The molecule has 0 aromatic heterocycles. The number of hydrogen-bond donors (Lipinski definition) is 1. The Labute approximate surface area is 82.1 Å². The first-order chi connectivity index (χ1) is 6.57. The lowest BCUT2D eigenvalue weighted by atomic mass is 10.5. The van der Waals surface area contributed by atoms with Crippen LogP contribution in [0.1, 0.15) is 0 Å². The molecular formula is C8H13N3O3. The normalized spacial score (nSPS) is 12.9. The first-order valence-corrected chi connectivity index (χ1v) is 3.86. The van der Waals surface area contributed by atoms with Crippen molar-refractivity contribution < 1.29 is 14.7 Å². The highest BCUT2D eigenvalue weighted by Gasteiger charge is 2.06. The van der Waals surface area contributed by atoms with Crippen LogP contribution in [-0.4, -0.2) is 54.4 Å². The van der Waals surface area contributed by atoms with Gasteiger partial charge in [0.1, 0.15) is 6.67 Å². The molecule has 0 fully saturated rings. The van der Waals surface area contributed by atoms with Gasteiger partial charge in [0.15, 0.2) is 0 Å². The highest BCUT2D eigenvalue weighted by atomic mass is 16.4. The van der Waals surface area contributed by atoms with Crippen LogP contribution >= 0.6 is 0 Å². The Morgan fingerprint density at radius 1 is 1.64 bits per heavy atom. The second-order valence-corrected chi connectivity index (χ2v) is 2.64. The molecule has 6 heteroatoms. The maximum absolute atomic E-state index is 10.2. The minimum atomic E-state index is -0.969. The lowest BCUT2D eigenvalue weighted by Crippen LogP contribution is -2.25. The number of carboxylic acid groups (broad SMARTS) is 1. The molecular weight excluding hydrogens is 186 g/mol. The molecule has 1 rings (SSSR count). The van der Waals surface area contributed by atoms with Crippen LogP contribution in [-0.2, 0) is 4.79 Å². The molecule has 0 aliphatic carbocycles. The summed E-state index contributed by atoms with van der Waals surface area (Å²) < 4.78 is 0. The van der Waals surface area contributed by atoms with Crippen molar-refractivity contribution in [3.8, 4) is 0 Å². The Morgan fingerprint density at radius 3 is 2.43 bits per heavy atom. The van der Waals surface area contributed by atoms with Crippen molar-refractivity contribution in [2.24, 2.45) is 4.99 Å². The monoisotopic (exact) mass is 199 g/mol. The molecule has 0 saturated heterocycles. The molecule has 78 valence electrons. The maximum atomic E-state index is 10.2. The molecule has 0 atom stereocenters. The first-order valence-electron chi connectivity index (χ1n) is 3.86. The molecule has 1 N–H and O–H groups in total. The van der Waals surface area contributed by atoms with Gasteiger partial charge in [0.25, 0.3) is 0 Å². The third kappa shape index (κ3) is 5.76. The highest BCUT2D eigenvalue weighted by molar-refractivity contribution is 5.75. The molecule has 0 saturated carbocycles. The van der Waals surface area contributed by atoms with Gasteiger partial charge in [-0.3, -0.25) is 14.7 Å². The number of aliphatic imine (C=N–C) groups is 1. The zero-order valence-electron chi connectivity index (χ0n) is 8.12. The number of hydrogen-bond acceptors (Lipinski definition) is 3. The van der Waals surface area contributed by atoms with Crippen LogP contribution < -0.4 is 0 Å². The van der Waals surface area contributed by atoms with E-state index < -0.39 is 6.09 Å².